The second kappa shape index (κ2) is 3.77. The van der Waals surface area contributed by atoms with E-state index in [1.807, 2.05) is 6.08 Å². The van der Waals surface area contributed by atoms with E-state index < -0.39 is 0 Å². The minimum Gasteiger partial charge on any atom is -0.309 e. The first kappa shape index (κ1) is 9.70. The molecule has 10 heavy (non-hydrogen) atoms. The molecule has 1 N–H and O–H groups in total. The minimum atomic E-state index is 0.225. The highest BCUT2D eigenvalue weighted by Crippen LogP contribution is 2.02. The fourth-order valence-corrected chi connectivity index (χ4v) is 1.05. The molecule has 0 aromatic rings. The van der Waals surface area contributed by atoms with Gasteiger partial charge in [-0.3, -0.25) is 0 Å². The van der Waals surface area contributed by atoms with E-state index in [0.29, 0.717) is 6.04 Å². The molecule has 0 fully saturated rings. The highest BCUT2D eigenvalue weighted by molar-refractivity contribution is 4.80. The summed E-state index contributed by atoms with van der Waals surface area (Å²) in [6.07, 6.45) is 2.99. The summed E-state index contributed by atoms with van der Waals surface area (Å²) in [6, 6.07) is 0.539. The molecule has 0 saturated carbocycles. The molecule has 0 amide bonds. The SMILES string of the molecule is C=CCC(C)NC(C)(C)C. The Hall–Kier alpha value is -0.300. The van der Waals surface area contributed by atoms with Gasteiger partial charge in [0.05, 0.1) is 0 Å². The van der Waals surface area contributed by atoms with E-state index in [-0.39, 0.29) is 5.54 Å². The molecule has 1 atom stereocenters. The second-order valence-corrected chi connectivity index (χ2v) is 3.82. The first-order valence-corrected chi connectivity index (χ1v) is 3.84. The second-order valence-electron chi connectivity index (χ2n) is 3.82. The maximum atomic E-state index is 3.69. The van der Waals surface area contributed by atoms with Crippen molar-refractivity contribution in [2.75, 3.05) is 0 Å². The summed E-state index contributed by atoms with van der Waals surface area (Å²) in [5, 5.41) is 3.45. The zero-order chi connectivity index (χ0) is 8.20. The summed E-state index contributed by atoms with van der Waals surface area (Å²) >= 11 is 0. The van der Waals surface area contributed by atoms with Crippen molar-refractivity contribution >= 4 is 0 Å². The zero-order valence-electron chi connectivity index (χ0n) is 7.57. The molecule has 0 radical (unpaired) electrons. The van der Waals surface area contributed by atoms with Crippen LogP contribution in [0.4, 0.5) is 0 Å². The average molecular weight is 141 g/mol. The van der Waals surface area contributed by atoms with Crippen LogP contribution in [0.5, 0.6) is 0 Å². The van der Waals surface area contributed by atoms with Gasteiger partial charge in [-0.15, -0.1) is 6.58 Å². The van der Waals surface area contributed by atoms with Gasteiger partial charge < -0.3 is 5.32 Å². The molecule has 0 bridgehead atoms. The molecule has 0 saturated heterocycles. The molecule has 60 valence electrons. The Kier molecular flexibility index (Phi) is 3.66. The predicted octanol–water partition coefficient (Wildman–Crippen LogP) is 2.34. The van der Waals surface area contributed by atoms with E-state index in [1.165, 1.54) is 0 Å². The molecule has 0 aliphatic rings. The standard InChI is InChI=1S/C9H19N/c1-6-7-8(2)10-9(3,4)5/h6,8,10H,1,7H2,2-5H3. The van der Waals surface area contributed by atoms with Crippen LogP contribution in [0.25, 0.3) is 0 Å². The van der Waals surface area contributed by atoms with Crippen LogP contribution >= 0.6 is 0 Å². The van der Waals surface area contributed by atoms with Crippen molar-refractivity contribution in [3.8, 4) is 0 Å². The summed E-state index contributed by atoms with van der Waals surface area (Å²) in [7, 11) is 0. The predicted molar refractivity (Wildman–Crippen MR) is 47.2 cm³/mol. The number of hydrogen-bond donors (Lipinski definition) is 1. The summed E-state index contributed by atoms with van der Waals surface area (Å²) in [5.74, 6) is 0. The van der Waals surface area contributed by atoms with Gasteiger partial charge in [0.15, 0.2) is 0 Å². The molecule has 1 unspecified atom stereocenters. The Bertz CT molecular complexity index is 99.8. The van der Waals surface area contributed by atoms with Crippen LogP contribution in [0.3, 0.4) is 0 Å². The van der Waals surface area contributed by atoms with Gasteiger partial charge in [0.2, 0.25) is 0 Å². The van der Waals surface area contributed by atoms with Gasteiger partial charge in [0.25, 0.3) is 0 Å². The lowest BCUT2D eigenvalue weighted by Gasteiger charge is -2.25. The zero-order valence-corrected chi connectivity index (χ0v) is 7.57. The largest absolute Gasteiger partial charge is 0.309 e. The van der Waals surface area contributed by atoms with Crippen LogP contribution in [-0.4, -0.2) is 11.6 Å². The van der Waals surface area contributed by atoms with Gasteiger partial charge >= 0.3 is 0 Å². The average Bonchev–Trinajstić information content (AvgIpc) is 1.59. The highest BCUT2D eigenvalue weighted by atomic mass is 15.0. The van der Waals surface area contributed by atoms with Crippen LogP contribution in [0.1, 0.15) is 34.1 Å². The first-order valence-electron chi connectivity index (χ1n) is 3.84. The molecule has 0 rings (SSSR count). The van der Waals surface area contributed by atoms with Crippen LogP contribution in [0, 0.1) is 0 Å². The van der Waals surface area contributed by atoms with E-state index in [2.05, 4.69) is 39.6 Å². The van der Waals surface area contributed by atoms with Gasteiger partial charge in [-0.2, -0.15) is 0 Å². The fraction of sp³-hybridized carbons (Fsp3) is 0.778. The van der Waals surface area contributed by atoms with E-state index in [9.17, 15) is 0 Å². The molecular formula is C9H19N. The lowest BCUT2D eigenvalue weighted by atomic mass is 10.1. The van der Waals surface area contributed by atoms with E-state index in [0.717, 1.165) is 6.42 Å². The van der Waals surface area contributed by atoms with Crippen LogP contribution in [-0.2, 0) is 0 Å². The van der Waals surface area contributed by atoms with Crippen molar-refractivity contribution < 1.29 is 0 Å². The normalized spacial score (nSPS) is 14.8. The van der Waals surface area contributed by atoms with Crippen molar-refractivity contribution in [3.05, 3.63) is 12.7 Å². The maximum absolute atomic E-state index is 3.69. The van der Waals surface area contributed by atoms with Gasteiger partial charge in [-0.1, -0.05) is 6.08 Å². The van der Waals surface area contributed by atoms with Gasteiger partial charge in [-0.25, -0.2) is 0 Å². The number of hydrogen-bond acceptors (Lipinski definition) is 1. The van der Waals surface area contributed by atoms with Gasteiger partial charge in [0.1, 0.15) is 0 Å². The van der Waals surface area contributed by atoms with E-state index in [1.54, 1.807) is 0 Å². The molecule has 1 nitrogen and oxygen atoms in total. The van der Waals surface area contributed by atoms with Crippen LogP contribution < -0.4 is 5.32 Å². The molecule has 1 heteroatoms. The topological polar surface area (TPSA) is 12.0 Å². The lowest BCUT2D eigenvalue weighted by Crippen LogP contribution is -2.41. The third-order valence-corrected chi connectivity index (χ3v) is 1.20. The number of nitrogens with one attached hydrogen (secondary N) is 1. The molecule has 0 heterocycles. The molecule has 0 aliphatic heterocycles. The van der Waals surface area contributed by atoms with Crippen LogP contribution in [0.2, 0.25) is 0 Å². The van der Waals surface area contributed by atoms with E-state index >= 15 is 0 Å². The Morgan fingerprint density at radius 2 is 2.00 bits per heavy atom. The van der Waals surface area contributed by atoms with Crippen molar-refractivity contribution in [2.24, 2.45) is 0 Å². The summed E-state index contributed by atoms with van der Waals surface area (Å²) in [5.41, 5.74) is 0.225. The quantitative estimate of drug-likeness (QED) is 0.595. The molecular weight excluding hydrogens is 122 g/mol. The van der Waals surface area contributed by atoms with Crippen molar-refractivity contribution in [1.82, 2.24) is 5.32 Å². The van der Waals surface area contributed by atoms with Crippen LogP contribution in [0.15, 0.2) is 12.7 Å². The summed E-state index contributed by atoms with van der Waals surface area (Å²) in [4.78, 5) is 0. The summed E-state index contributed by atoms with van der Waals surface area (Å²) in [6.45, 7) is 12.4. The summed E-state index contributed by atoms with van der Waals surface area (Å²) < 4.78 is 0. The van der Waals surface area contributed by atoms with Crippen molar-refractivity contribution in [1.29, 1.82) is 0 Å². The minimum absolute atomic E-state index is 0.225. The third-order valence-electron chi connectivity index (χ3n) is 1.20. The van der Waals surface area contributed by atoms with Crippen molar-refractivity contribution in [3.63, 3.8) is 0 Å². The fourth-order valence-electron chi connectivity index (χ4n) is 1.05. The highest BCUT2D eigenvalue weighted by Gasteiger charge is 2.11. The Morgan fingerprint density at radius 1 is 1.50 bits per heavy atom. The third kappa shape index (κ3) is 5.83. The van der Waals surface area contributed by atoms with Gasteiger partial charge in [-0.05, 0) is 34.1 Å². The Balaban J connectivity index is 3.56. The molecule has 0 aliphatic carbocycles. The Labute approximate surface area is 64.5 Å². The molecule has 0 spiro atoms. The lowest BCUT2D eigenvalue weighted by molar-refractivity contribution is 0.373. The van der Waals surface area contributed by atoms with Gasteiger partial charge in [0, 0.05) is 11.6 Å². The van der Waals surface area contributed by atoms with Crippen molar-refractivity contribution in [2.45, 2.75) is 45.7 Å². The monoisotopic (exact) mass is 141 g/mol. The Morgan fingerprint density at radius 3 is 2.30 bits per heavy atom. The maximum Gasteiger partial charge on any atom is 0.00991 e. The molecule has 0 aromatic carbocycles. The molecule has 0 aromatic heterocycles. The van der Waals surface area contributed by atoms with E-state index in [4.69, 9.17) is 0 Å². The number of rotatable bonds is 3. The smallest absolute Gasteiger partial charge is 0.00991 e. The first-order chi connectivity index (χ1) is 4.45.